The number of aryl methyl sites for hydroxylation is 2. The highest BCUT2D eigenvalue weighted by Gasteiger charge is 2.63. The van der Waals surface area contributed by atoms with Gasteiger partial charge in [-0.2, -0.15) is 0 Å². The van der Waals surface area contributed by atoms with Gasteiger partial charge in [0, 0.05) is 37.1 Å². The van der Waals surface area contributed by atoms with Crippen LogP contribution in [-0.2, 0) is 16.0 Å². The highest BCUT2D eigenvalue weighted by atomic mass is 16.5. The van der Waals surface area contributed by atoms with Crippen molar-refractivity contribution in [1.82, 2.24) is 9.38 Å². The van der Waals surface area contributed by atoms with Crippen LogP contribution in [0.4, 0.5) is 0 Å². The van der Waals surface area contributed by atoms with E-state index in [2.05, 4.69) is 67.8 Å². The summed E-state index contributed by atoms with van der Waals surface area (Å²) in [6.07, 6.45) is 14.1. The monoisotopic (exact) mass is 522 g/mol. The number of hydrogen-bond acceptors (Lipinski definition) is 3. The molecule has 0 spiro atoms. The van der Waals surface area contributed by atoms with Crippen LogP contribution in [0.1, 0.15) is 75.1 Å². The number of ketones is 1. The fourth-order valence-corrected chi connectivity index (χ4v) is 9.55. The summed E-state index contributed by atoms with van der Waals surface area (Å²) < 4.78 is 9.07. The lowest BCUT2D eigenvalue weighted by Crippen LogP contribution is -2.54. The molecule has 4 aliphatic carbocycles. The van der Waals surface area contributed by atoms with E-state index in [1.54, 1.807) is 0 Å². The topological polar surface area (TPSA) is 43.6 Å². The Kier molecular flexibility index (Phi) is 5.93. The summed E-state index contributed by atoms with van der Waals surface area (Å²) in [4.78, 5) is 17.3. The lowest BCUT2D eigenvalue weighted by atomic mass is 9.50. The predicted octanol–water partition coefficient (Wildman–Crippen LogP) is 7.69. The van der Waals surface area contributed by atoms with Gasteiger partial charge in [-0.25, -0.2) is 4.98 Å². The highest BCUT2D eigenvalue weighted by molar-refractivity contribution is 5.91. The van der Waals surface area contributed by atoms with Crippen LogP contribution >= 0.6 is 0 Å². The Bertz CT molecular complexity index is 1470. The first kappa shape index (κ1) is 25.3. The average molecular weight is 523 g/mol. The SMILES string of the molecule is CO[C@@]1(Cc2c(-c3ccc(C)cc3)nc3ccc(C)cn23)CC[C@H]2[C@@H]3CCC4=CC(=O)CC[C@@H]4[C@H]3CC[C@@]21C. The molecule has 204 valence electrons. The molecular weight excluding hydrogens is 480 g/mol. The van der Waals surface area contributed by atoms with Crippen LogP contribution in [0.15, 0.2) is 54.2 Å². The van der Waals surface area contributed by atoms with Crippen molar-refractivity contribution in [2.75, 3.05) is 7.11 Å². The molecule has 0 radical (unpaired) electrons. The van der Waals surface area contributed by atoms with Crippen LogP contribution in [0.2, 0.25) is 0 Å². The third-order valence-electron chi connectivity index (χ3n) is 11.6. The lowest BCUT2D eigenvalue weighted by molar-refractivity contribution is -0.137. The second-order valence-corrected chi connectivity index (χ2v) is 13.4. The van der Waals surface area contributed by atoms with Crippen molar-refractivity contribution in [2.45, 2.75) is 84.2 Å². The molecule has 4 nitrogen and oxygen atoms in total. The number of allylic oxidation sites excluding steroid dienone is 1. The van der Waals surface area contributed by atoms with E-state index >= 15 is 0 Å². The Morgan fingerprint density at radius 1 is 0.949 bits per heavy atom. The molecule has 0 amide bonds. The number of aromatic nitrogens is 2. The minimum absolute atomic E-state index is 0.132. The van der Waals surface area contributed by atoms with Gasteiger partial charge < -0.3 is 9.14 Å². The van der Waals surface area contributed by atoms with Gasteiger partial charge in [0.15, 0.2) is 5.78 Å². The molecule has 3 saturated carbocycles. The van der Waals surface area contributed by atoms with Crippen molar-refractivity contribution >= 4 is 11.4 Å². The fraction of sp³-hybridized carbons (Fsp3) is 0.543. The maximum Gasteiger partial charge on any atom is 0.155 e. The second kappa shape index (κ2) is 9.16. The predicted molar refractivity (Wildman–Crippen MR) is 156 cm³/mol. The van der Waals surface area contributed by atoms with Gasteiger partial charge in [0.05, 0.1) is 17.0 Å². The molecular formula is C35H42N2O2. The quantitative estimate of drug-likeness (QED) is 0.353. The first-order chi connectivity index (χ1) is 18.8. The Balaban J connectivity index is 1.28. The summed E-state index contributed by atoms with van der Waals surface area (Å²) in [6, 6.07) is 13.1. The van der Waals surface area contributed by atoms with Crippen LogP contribution in [0, 0.1) is 42.9 Å². The molecule has 1 aromatic carbocycles. The normalized spacial score (nSPS) is 33.9. The number of methoxy groups -OCH3 is 1. The number of carbonyl (C=O) groups excluding carboxylic acids is 1. The molecule has 39 heavy (non-hydrogen) atoms. The van der Waals surface area contributed by atoms with E-state index in [9.17, 15) is 4.79 Å². The van der Waals surface area contributed by atoms with E-state index < -0.39 is 0 Å². The zero-order chi connectivity index (χ0) is 26.9. The molecule has 2 aromatic heterocycles. The zero-order valence-electron chi connectivity index (χ0n) is 24.0. The maximum atomic E-state index is 12.1. The van der Waals surface area contributed by atoms with Crippen LogP contribution in [0.3, 0.4) is 0 Å². The number of fused-ring (bicyclic) bond motifs is 6. The number of pyridine rings is 1. The number of nitrogens with zero attached hydrogens (tertiary/aromatic N) is 2. The zero-order valence-corrected chi connectivity index (χ0v) is 24.0. The fourth-order valence-electron chi connectivity index (χ4n) is 9.55. The average Bonchev–Trinajstić information content (AvgIpc) is 3.43. The summed E-state index contributed by atoms with van der Waals surface area (Å²) in [5.41, 5.74) is 8.48. The molecule has 0 aliphatic heterocycles. The van der Waals surface area contributed by atoms with Gasteiger partial charge in [-0.3, -0.25) is 4.79 Å². The third kappa shape index (κ3) is 3.81. The summed E-state index contributed by atoms with van der Waals surface area (Å²) in [5.74, 6) is 3.16. The van der Waals surface area contributed by atoms with E-state index in [4.69, 9.17) is 9.72 Å². The number of imidazole rings is 1. The van der Waals surface area contributed by atoms with Crippen molar-refractivity contribution in [1.29, 1.82) is 0 Å². The molecule has 0 unspecified atom stereocenters. The Hall–Kier alpha value is -2.72. The molecule has 0 N–H and O–H groups in total. The number of hydrogen-bond donors (Lipinski definition) is 0. The second-order valence-electron chi connectivity index (χ2n) is 13.4. The van der Waals surface area contributed by atoms with Crippen molar-refractivity contribution in [3.05, 3.63) is 71.1 Å². The Labute approximate surface area is 232 Å². The van der Waals surface area contributed by atoms with Crippen LogP contribution in [0.25, 0.3) is 16.9 Å². The standard InChI is InChI=1S/C35H42N2O2/c1-22-5-8-24(9-6-22)33-31(37-21-23(2)7-14-32(37)36-33)20-35(39-4)18-16-30-29-12-10-25-19-26(38)11-13-27(25)28(29)15-17-34(30,35)3/h5-9,14,19,21,27-30H,10-13,15-18,20H2,1-4H3/t27-,28+,29+,30-,34-,35+/m0/s1. The van der Waals surface area contributed by atoms with E-state index in [0.717, 1.165) is 55.3 Å². The van der Waals surface area contributed by atoms with Gasteiger partial charge in [-0.15, -0.1) is 0 Å². The smallest absolute Gasteiger partial charge is 0.155 e. The molecule has 0 saturated heterocycles. The number of ether oxygens (including phenoxy) is 1. The Morgan fingerprint density at radius 3 is 2.54 bits per heavy atom. The van der Waals surface area contributed by atoms with Crippen LogP contribution in [-0.4, -0.2) is 27.9 Å². The summed E-state index contributed by atoms with van der Waals surface area (Å²) >= 11 is 0. The minimum Gasteiger partial charge on any atom is -0.377 e. The van der Waals surface area contributed by atoms with E-state index in [-0.39, 0.29) is 11.0 Å². The molecule has 6 atom stereocenters. The van der Waals surface area contributed by atoms with Gasteiger partial charge in [0.25, 0.3) is 0 Å². The van der Waals surface area contributed by atoms with Gasteiger partial charge >= 0.3 is 0 Å². The van der Waals surface area contributed by atoms with Crippen molar-refractivity contribution in [3.63, 3.8) is 0 Å². The molecule has 3 fully saturated rings. The summed E-state index contributed by atoms with van der Waals surface area (Å²) in [5, 5.41) is 0. The van der Waals surface area contributed by atoms with Gasteiger partial charge in [0.2, 0.25) is 0 Å². The van der Waals surface area contributed by atoms with Crippen LogP contribution in [0.5, 0.6) is 0 Å². The van der Waals surface area contributed by atoms with E-state index in [1.165, 1.54) is 53.6 Å². The molecule has 4 heteroatoms. The van der Waals surface area contributed by atoms with Gasteiger partial charge in [-0.05, 0) is 100 Å². The number of rotatable bonds is 4. The molecule has 4 aliphatic rings. The number of benzene rings is 1. The summed E-state index contributed by atoms with van der Waals surface area (Å²) in [7, 11) is 1.97. The molecule has 0 bridgehead atoms. The molecule has 2 heterocycles. The third-order valence-corrected chi connectivity index (χ3v) is 11.6. The minimum atomic E-state index is -0.208. The van der Waals surface area contributed by atoms with Gasteiger partial charge in [-0.1, -0.05) is 48.4 Å². The Morgan fingerprint density at radius 2 is 1.74 bits per heavy atom. The molecule has 7 rings (SSSR count). The van der Waals surface area contributed by atoms with E-state index in [1.807, 2.05) is 13.2 Å². The van der Waals surface area contributed by atoms with Crippen molar-refractivity contribution in [3.8, 4) is 11.3 Å². The largest absolute Gasteiger partial charge is 0.377 e. The van der Waals surface area contributed by atoms with Crippen molar-refractivity contribution in [2.24, 2.45) is 29.1 Å². The maximum absolute atomic E-state index is 12.1. The van der Waals surface area contributed by atoms with Crippen LogP contribution < -0.4 is 0 Å². The number of carbonyl (C=O) groups is 1. The van der Waals surface area contributed by atoms with E-state index in [0.29, 0.717) is 17.6 Å². The first-order valence-electron chi connectivity index (χ1n) is 15.1. The lowest BCUT2D eigenvalue weighted by Gasteiger charge is -2.56. The van der Waals surface area contributed by atoms with Crippen molar-refractivity contribution < 1.29 is 9.53 Å². The highest BCUT2D eigenvalue weighted by Crippen LogP contribution is 2.66. The first-order valence-corrected chi connectivity index (χ1v) is 15.1. The summed E-state index contributed by atoms with van der Waals surface area (Å²) in [6.45, 7) is 6.86. The molecule has 3 aromatic rings. The van der Waals surface area contributed by atoms with Gasteiger partial charge in [0.1, 0.15) is 5.65 Å².